The summed E-state index contributed by atoms with van der Waals surface area (Å²) < 4.78 is 18.5. The van der Waals surface area contributed by atoms with Gasteiger partial charge < -0.3 is 14.6 Å². The number of carbonyl (C=O) groups excluding carboxylic acids is 2. The van der Waals surface area contributed by atoms with Gasteiger partial charge >= 0.3 is 0 Å². The zero-order chi connectivity index (χ0) is 20.2. The maximum absolute atomic E-state index is 13.1. The highest BCUT2D eigenvalue weighted by atomic mass is 32.1. The summed E-state index contributed by atoms with van der Waals surface area (Å²) in [5.74, 6) is -0.413. The Kier molecular flexibility index (Phi) is 5.71. The second-order valence-corrected chi connectivity index (χ2v) is 7.88. The molecule has 2 amide bonds. The molecule has 3 heterocycles. The third-order valence-corrected chi connectivity index (χ3v) is 5.76. The first-order valence-corrected chi connectivity index (χ1v) is 10.3. The van der Waals surface area contributed by atoms with Gasteiger partial charge in [-0.2, -0.15) is 0 Å². The molecule has 0 saturated carbocycles. The number of halogens is 1. The van der Waals surface area contributed by atoms with Gasteiger partial charge in [0.2, 0.25) is 11.8 Å². The number of rotatable bonds is 5. The molecular formula is C21H20FN3O3S. The summed E-state index contributed by atoms with van der Waals surface area (Å²) in [6.07, 6.45) is 3.01. The van der Waals surface area contributed by atoms with Crippen molar-refractivity contribution in [1.82, 2.24) is 15.2 Å². The Balaban J connectivity index is 1.33. The summed E-state index contributed by atoms with van der Waals surface area (Å²) in [6, 6.07) is 9.32. The molecule has 0 bridgehead atoms. The fourth-order valence-electron chi connectivity index (χ4n) is 3.37. The number of nitrogens with zero attached hydrogens (tertiary/aromatic N) is 2. The lowest BCUT2D eigenvalue weighted by atomic mass is 9.96. The van der Waals surface area contributed by atoms with E-state index in [1.165, 1.54) is 35.6 Å². The lowest BCUT2D eigenvalue weighted by Gasteiger charge is -2.32. The molecule has 8 heteroatoms. The molecule has 1 aliphatic rings. The fraction of sp³-hybridized carbons (Fsp3) is 0.286. The van der Waals surface area contributed by atoms with E-state index in [-0.39, 0.29) is 30.1 Å². The van der Waals surface area contributed by atoms with E-state index in [1.54, 1.807) is 11.2 Å². The molecule has 1 aliphatic heterocycles. The van der Waals surface area contributed by atoms with E-state index in [1.807, 2.05) is 17.5 Å². The van der Waals surface area contributed by atoms with Crippen molar-refractivity contribution >= 4 is 23.2 Å². The first-order valence-electron chi connectivity index (χ1n) is 9.41. The Morgan fingerprint density at radius 1 is 1.28 bits per heavy atom. The molecule has 3 aromatic rings. The Labute approximate surface area is 171 Å². The van der Waals surface area contributed by atoms with Gasteiger partial charge in [0.25, 0.3) is 5.91 Å². The minimum absolute atomic E-state index is 0.109. The maximum Gasteiger partial charge on any atom is 0.253 e. The Morgan fingerprint density at radius 2 is 2.10 bits per heavy atom. The molecule has 1 fully saturated rings. The monoisotopic (exact) mass is 413 g/mol. The predicted molar refractivity (Wildman–Crippen MR) is 107 cm³/mol. The summed E-state index contributed by atoms with van der Waals surface area (Å²) >= 11 is 1.54. The van der Waals surface area contributed by atoms with Crippen LogP contribution in [0.25, 0.3) is 10.8 Å². The zero-order valence-corrected chi connectivity index (χ0v) is 16.5. The van der Waals surface area contributed by atoms with E-state index in [9.17, 15) is 14.0 Å². The first kappa shape index (κ1) is 19.3. The van der Waals surface area contributed by atoms with E-state index in [2.05, 4.69) is 10.3 Å². The van der Waals surface area contributed by atoms with Gasteiger partial charge in [-0.1, -0.05) is 6.07 Å². The van der Waals surface area contributed by atoms with Crippen molar-refractivity contribution < 1.29 is 18.4 Å². The van der Waals surface area contributed by atoms with Gasteiger partial charge in [-0.25, -0.2) is 9.37 Å². The van der Waals surface area contributed by atoms with Crippen molar-refractivity contribution in [3.8, 4) is 10.8 Å². The normalized spacial score (nSPS) is 16.6. The van der Waals surface area contributed by atoms with Gasteiger partial charge in [-0.15, -0.1) is 11.3 Å². The highest BCUT2D eigenvalue weighted by Crippen LogP contribution is 2.24. The molecule has 1 N–H and O–H groups in total. The van der Waals surface area contributed by atoms with Crippen molar-refractivity contribution in [2.45, 2.75) is 19.4 Å². The average Bonchev–Trinajstić information content (AvgIpc) is 3.44. The van der Waals surface area contributed by atoms with Gasteiger partial charge in [-0.05, 0) is 48.6 Å². The number of aromatic nitrogens is 1. The molecule has 1 aromatic carbocycles. The third-order valence-electron chi connectivity index (χ3n) is 4.90. The molecule has 1 saturated heterocycles. The van der Waals surface area contributed by atoms with E-state index in [0.717, 1.165) is 17.7 Å². The number of nitrogens with one attached hydrogen (secondary N) is 1. The predicted octanol–water partition coefficient (Wildman–Crippen LogP) is 3.71. The number of hydrogen-bond acceptors (Lipinski definition) is 5. The summed E-state index contributed by atoms with van der Waals surface area (Å²) in [6.45, 7) is 1.21. The Bertz CT molecular complexity index is 985. The molecule has 0 unspecified atom stereocenters. The van der Waals surface area contributed by atoms with Crippen molar-refractivity contribution in [1.29, 1.82) is 0 Å². The molecule has 0 spiro atoms. The van der Waals surface area contributed by atoms with Gasteiger partial charge in [0.05, 0.1) is 23.0 Å². The minimum atomic E-state index is -0.382. The minimum Gasteiger partial charge on any atom is -0.443 e. The molecule has 1 atom stereocenters. The number of carbonyl (C=O) groups is 2. The first-order chi connectivity index (χ1) is 14.1. The van der Waals surface area contributed by atoms with E-state index < -0.39 is 0 Å². The van der Waals surface area contributed by atoms with Gasteiger partial charge in [0, 0.05) is 18.7 Å². The highest BCUT2D eigenvalue weighted by molar-refractivity contribution is 7.13. The summed E-state index contributed by atoms with van der Waals surface area (Å²) in [4.78, 5) is 32.2. The second kappa shape index (κ2) is 8.57. The topological polar surface area (TPSA) is 75.4 Å². The quantitative estimate of drug-likeness (QED) is 0.692. The smallest absolute Gasteiger partial charge is 0.253 e. The lowest BCUT2D eigenvalue weighted by molar-refractivity contribution is -0.126. The maximum atomic E-state index is 13.1. The lowest BCUT2D eigenvalue weighted by Crippen LogP contribution is -2.45. The van der Waals surface area contributed by atoms with Crippen LogP contribution >= 0.6 is 11.3 Å². The molecule has 0 aliphatic carbocycles. The average molecular weight is 413 g/mol. The van der Waals surface area contributed by atoms with Crippen LogP contribution in [0.4, 0.5) is 4.39 Å². The second-order valence-electron chi connectivity index (χ2n) is 6.94. The molecule has 0 radical (unpaired) electrons. The molecular weight excluding hydrogens is 393 g/mol. The molecule has 4 rings (SSSR count). The Morgan fingerprint density at radius 3 is 2.86 bits per heavy atom. The number of piperidine rings is 1. The summed E-state index contributed by atoms with van der Waals surface area (Å²) in [5, 5.41) is 4.84. The SMILES string of the molecule is O=C(NCc1coc(-c2cccs2)n1)[C@H]1CCCN(C(=O)c2ccc(F)cc2)C1. The number of thiophene rings is 1. The zero-order valence-electron chi connectivity index (χ0n) is 15.6. The fourth-order valence-corrected chi connectivity index (χ4v) is 4.03. The van der Waals surface area contributed by atoms with E-state index >= 15 is 0 Å². The van der Waals surface area contributed by atoms with Gasteiger partial charge in [0.15, 0.2) is 0 Å². The molecule has 2 aromatic heterocycles. The number of likely N-dealkylation sites (tertiary alicyclic amines) is 1. The van der Waals surface area contributed by atoms with Crippen LogP contribution in [0.3, 0.4) is 0 Å². The summed E-state index contributed by atoms with van der Waals surface area (Å²) in [5.41, 5.74) is 1.08. The van der Waals surface area contributed by atoms with Crippen LogP contribution in [-0.2, 0) is 11.3 Å². The number of oxazole rings is 1. The van der Waals surface area contributed by atoms with Crippen LogP contribution in [0.5, 0.6) is 0 Å². The van der Waals surface area contributed by atoms with Crippen LogP contribution in [0, 0.1) is 11.7 Å². The largest absolute Gasteiger partial charge is 0.443 e. The number of amides is 2. The standard InChI is InChI=1S/C21H20FN3O3S/c22-16-7-5-14(6-8-16)21(27)25-9-1-3-15(12-25)19(26)23-11-17-13-28-20(24-17)18-4-2-10-29-18/h2,4-8,10,13,15H,1,3,9,11-12H2,(H,23,26)/t15-/m0/s1. The molecule has 6 nitrogen and oxygen atoms in total. The molecule has 150 valence electrons. The van der Waals surface area contributed by atoms with Gasteiger partial charge in [0.1, 0.15) is 12.1 Å². The van der Waals surface area contributed by atoms with Crippen LogP contribution in [0.1, 0.15) is 28.9 Å². The molecule has 29 heavy (non-hydrogen) atoms. The van der Waals surface area contributed by atoms with E-state index in [4.69, 9.17) is 4.42 Å². The van der Waals surface area contributed by atoms with Crippen LogP contribution in [0.2, 0.25) is 0 Å². The van der Waals surface area contributed by atoms with Gasteiger partial charge in [-0.3, -0.25) is 9.59 Å². The summed E-state index contributed by atoms with van der Waals surface area (Å²) in [7, 11) is 0. The highest BCUT2D eigenvalue weighted by Gasteiger charge is 2.29. The van der Waals surface area contributed by atoms with Crippen molar-refractivity contribution in [3.05, 3.63) is 65.1 Å². The van der Waals surface area contributed by atoms with Crippen LogP contribution < -0.4 is 5.32 Å². The van der Waals surface area contributed by atoms with Crippen molar-refractivity contribution in [2.75, 3.05) is 13.1 Å². The van der Waals surface area contributed by atoms with Crippen LogP contribution in [0.15, 0.2) is 52.5 Å². The van der Waals surface area contributed by atoms with Crippen molar-refractivity contribution in [2.24, 2.45) is 5.92 Å². The van der Waals surface area contributed by atoms with Crippen molar-refractivity contribution in [3.63, 3.8) is 0 Å². The number of benzene rings is 1. The Hall–Kier alpha value is -3.00. The third kappa shape index (κ3) is 4.54. The van der Waals surface area contributed by atoms with Crippen LogP contribution in [-0.4, -0.2) is 34.8 Å². The number of hydrogen-bond donors (Lipinski definition) is 1. The van der Waals surface area contributed by atoms with E-state index in [0.29, 0.717) is 30.2 Å².